The molecule has 136 valence electrons. The number of aromatic nitrogens is 1. The van der Waals surface area contributed by atoms with Crippen LogP contribution in [-0.2, 0) is 13.1 Å². The molecule has 0 aliphatic carbocycles. The molecule has 0 saturated heterocycles. The third kappa shape index (κ3) is 4.22. The first-order valence-electron chi connectivity index (χ1n) is 8.46. The lowest BCUT2D eigenvalue weighted by Crippen LogP contribution is -2.18. The average molecular weight is 353 g/mol. The van der Waals surface area contributed by atoms with Crippen LogP contribution in [0.15, 0.2) is 54.7 Å². The first kappa shape index (κ1) is 18.0. The number of nitrogens with one attached hydrogen (secondary N) is 1. The van der Waals surface area contributed by atoms with Crippen molar-refractivity contribution in [3.8, 4) is 5.75 Å². The third-order valence-electron chi connectivity index (χ3n) is 4.14. The van der Waals surface area contributed by atoms with Gasteiger partial charge in [-0.2, -0.15) is 0 Å². The van der Waals surface area contributed by atoms with Crippen molar-refractivity contribution in [3.05, 3.63) is 65.9 Å². The molecule has 0 radical (unpaired) electrons. The van der Waals surface area contributed by atoms with Gasteiger partial charge in [-0.05, 0) is 55.4 Å². The number of amides is 1. The standard InChI is InChI=1S/C20H23N3O3/c1-22(2)14-15-4-3-5-18(12-15)26-11-10-23-9-8-16-6-7-17(13-19(16)23)20(24)21-25/h3-9,12-13,25H,10-11,14H2,1-2H3,(H,21,24). The fourth-order valence-corrected chi connectivity index (χ4v) is 2.95. The van der Waals surface area contributed by atoms with Crippen molar-refractivity contribution < 1.29 is 14.7 Å². The van der Waals surface area contributed by atoms with E-state index >= 15 is 0 Å². The van der Waals surface area contributed by atoms with Gasteiger partial charge in [0.2, 0.25) is 0 Å². The molecule has 6 heteroatoms. The highest BCUT2D eigenvalue weighted by molar-refractivity contribution is 5.97. The smallest absolute Gasteiger partial charge is 0.274 e. The molecule has 0 saturated carbocycles. The van der Waals surface area contributed by atoms with Crippen LogP contribution in [0.1, 0.15) is 15.9 Å². The molecule has 2 aromatic carbocycles. The quantitative estimate of drug-likeness (QED) is 0.506. The molecule has 0 aliphatic heterocycles. The van der Waals surface area contributed by atoms with E-state index in [-0.39, 0.29) is 0 Å². The van der Waals surface area contributed by atoms with E-state index in [1.54, 1.807) is 17.6 Å². The summed E-state index contributed by atoms with van der Waals surface area (Å²) in [5, 5.41) is 9.83. The maximum Gasteiger partial charge on any atom is 0.274 e. The number of fused-ring (bicyclic) bond motifs is 1. The van der Waals surface area contributed by atoms with Crippen LogP contribution >= 0.6 is 0 Å². The number of benzene rings is 2. The molecule has 0 bridgehead atoms. The predicted molar refractivity (Wildman–Crippen MR) is 101 cm³/mol. The zero-order chi connectivity index (χ0) is 18.5. The van der Waals surface area contributed by atoms with Gasteiger partial charge >= 0.3 is 0 Å². The molecule has 2 N–H and O–H groups in total. The number of nitrogens with zero attached hydrogens (tertiary/aromatic N) is 2. The Morgan fingerprint density at radius 2 is 2.04 bits per heavy atom. The molecule has 0 atom stereocenters. The number of rotatable bonds is 7. The second-order valence-corrected chi connectivity index (χ2v) is 6.46. The van der Waals surface area contributed by atoms with Gasteiger partial charge in [-0.25, -0.2) is 5.48 Å². The zero-order valence-electron chi connectivity index (χ0n) is 15.0. The number of hydrogen-bond acceptors (Lipinski definition) is 4. The number of carbonyl (C=O) groups is 1. The second kappa shape index (κ2) is 8.03. The second-order valence-electron chi connectivity index (χ2n) is 6.46. The Labute approximate surface area is 152 Å². The number of hydroxylamine groups is 1. The first-order valence-corrected chi connectivity index (χ1v) is 8.46. The Hall–Kier alpha value is -2.83. The molecule has 0 spiro atoms. The van der Waals surface area contributed by atoms with E-state index in [0.29, 0.717) is 18.7 Å². The van der Waals surface area contributed by atoms with E-state index in [1.165, 1.54) is 5.56 Å². The van der Waals surface area contributed by atoms with Crippen LogP contribution in [0, 0.1) is 0 Å². The number of carbonyl (C=O) groups excluding carboxylic acids is 1. The van der Waals surface area contributed by atoms with Crippen LogP contribution in [0.5, 0.6) is 5.75 Å². The van der Waals surface area contributed by atoms with Gasteiger partial charge in [-0.3, -0.25) is 10.0 Å². The fraction of sp³-hybridized carbons (Fsp3) is 0.250. The largest absolute Gasteiger partial charge is 0.492 e. The van der Waals surface area contributed by atoms with E-state index in [9.17, 15) is 4.79 Å². The summed E-state index contributed by atoms with van der Waals surface area (Å²) in [5.41, 5.74) is 4.21. The van der Waals surface area contributed by atoms with Crippen LogP contribution in [0.2, 0.25) is 0 Å². The van der Waals surface area contributed by atoms with Crippen molar-refractivity contribution in [1.82, 2.24) is 14.9 Å². The minimum atomic E-state index is -0.520. The van der Waals surface area contributed by atoms with Crippen LogP contribution in [0.3, 0.4) is 0 Å². The van der Waals surface area contributed by atoms with Crippen molar-refractivity contribution in [1.29, 1.82) is 0 Å². The van der Waals surface area contributed by atoms with Gasteiger partial charge in [0, 0.05) is 23.8 Å². The van der Waals surface area contributed by atoms with Gasteiger partial charge in [-0.15, -0.1) is 0 Å². The Balaban J connectivity index is 1.67. The summed E-state index contributed by atoms with van der Waals surface area (Å²) >= 11 is 0. The van der Waals surface area contributed by atoms with Gasteiger partial charge in [0.15, 0.2) is 0 Å². The van der Waals surface area contributed by atoms with Gasteiger partial charge in [0.25, 0.3) is 5.91 Å². The monoisotopic (exact) mass is 353 g/mol. The number of hydrogen-bond donors (Lipinski definition) is 2. The molecule has 26 heavy (non-hydrogen) atoms. The van der Waals surface area contributed by atoms with Crippen LogP contribution < -0.4 is 10.2 Å². The fourth-order valence-electron chi connectivity index (χ4n) is 2.95. The first-order chi connectivity index (χ1) is 12.6. The zero-order valence-corrected chi connectivity index (χ0v) is 15.0. The topological polar surface area (TPSA) is 66.7 Å². The summed E-state index contributed by atoms with van der Waals surface area (Å²) in [6.07, 6.45) is 1.97. The van der Waals surface area contributed by atoms with E-state index < -0.39 is 5.91 Å². The molecule has 1 amide bonds. The lowest BCUT2D eigenvalue weighted by Gasteiger charge is -2.12. The van der Waals surface area contributed by atoms with E-state index in [0.717, 1.165) is 23.2 Å². The lowest BCUT2D eigenvalue weighted by atomic mass is 10.1. The molecule has 3 rings (SSSR count). The maximum absolute atomic E-state index is 11.6. The Morgan fingerprint density at radius 3 is 2.81 bits per heavy atom. The van der Waals surface area contributed by atoms with Crippen molar-refractivity contribution in [2.75, 3.05) is 20.7 Å². The summed E-state index contributed by atoms with van der Waals surface area (Å²) in [5.74, 6) is 0.328. The Morgan fingerprint density at radius 1 is 1.19 bits per heavy atom. The molecule has 1 aromatic heterocycles. The van der Waals surface area contributed by atoms with Gasteiger partial charge in [0.05, 0.1) is 6.54 Å². The van der Waals surface area contributed by atoms with Crippen LogP contribution in [0.4, 0.5) is 0 Å². The molecular weight excluding hydrogens is 330 g/mol. The molecule has 0 aliphatic rings. The van der Waals surface area contributed by atoms with Gasteiger partial charge in [0.1, 0.15) is 12.4 Å². The molecule has 3 aromatic rings. The highest BCUT2D eigenvalue weighted by Crippen LogP contribution is 2.19. The van der Waals surface area contributed by atoms with E-state index in [4.69, 9.17) is 9.94 Å². The van der Waals surface area contributed by atoms with Crippen molar-refractivity contribution >= 4 is 16.8 Å². The lowest BCUT2D eigenvalue weighted by molar-refractivity contribution is 0.0706. The molecular formula is C20H23N3O3. The molecule has 1 heterocycles. The summed E-state index contributed by atoms with van der Waals surface area (Å²) < 4.78 is 7.93. The van der Waals surface area contributed by atoms with Crippen LogP contribution in [-0.4, -0.2) is 41.3 Å². The van der Waals surface area contributed by atoms with Gasteiger partial charge < -0.3 is 14.2 Å². The predicted octanol–water partition coefficient (Wildman–Crippen LogP) is 2.90. The van der Waals surface area contributed by atoms with E-state index in [2.05, 4.69) is 17.0 Å². The van der Waals surface area contributed by atoms with Crippen molar-refractivity contribution in [2.24, 2.45) is 0 Å². The van der Waals surface area contributed by atoms with E-state index in [1.807, 2.05) is 49.1 Å². The molecule has 6 nitrogen and oxygen atoms in total. The minimum absolute atomic E-state index is 0.414. The van der Waals surface area contributed by atoms with Crippen LogP contribution in [0.25, 0.3) is 10.9 Å². The van der Waals surface area contributed by atoms with Crippen molar-refractivity contribution in [3.63, 3.8) is 0 Å². The minimum Gasteiger partial charge on any atom is -0.492 e. The Kier molecular flexibility index (Phi) is 5.55. The number of ether oxygens (including phenoxy) is 1. The summed E-state index contributed by atoms with van der Waals surface area (Å²) in [7, 11) is 4.08. The highest BCUT2D eigenvalue weighted by atomic mass is 16.5. The average Bonchev–Trinajstić information content (AvgIpc) is 3.03. The third-order valence-corrected chi connectivity index (χ3v) is 4.14. The Bertz CT molecular complexity index is 902. The summed E-state index contributed by atoms with van der Waals surface area (Å²) in [6, 6.07) is 15.4. The molecule has 0 fully saturated rings. The maximum atomic E-state index is 11.6. The highest BCUT2D eigenvalue weighted by Gasteiger charge is 2.08. The van der Waals surface area contributed by atoms with Crippen molar-refractivity contribution in [2.45, 2.75) is 13.1 Å². The summed E-state index contributed by atoms with van der Waals surface area (Å²) in [6.45, 7) is 2.05. The van der Waals surface area contributed by atoms with Gasteiger partial charge in [-0.1, -0.05) is 18.2 Å². The normalized spacial score (nSPS) is 11.1. The molecule has 0 unspecified atom stereocenters. The SMILES string of the molecule is CN(C)Cc1cccc(OCCn2ccc3ccc(C(=O)NO)cc32)c1. The summed E-state index contributed by atoms with van der Waals surface area (Å²) in [4.78, 5) is 13.7.